The van der Waals surface area contributed by atoms with Crippen LogP contribution in [0.4, 0.5) is 13.2 Å². The Morgan fingerprint density at radius 3 is 2.43 bits per heavy atom. The van der Waals surface area contributed by atoms with Gasteiger partial charge in [0, 0.05) is 30.4 Å². The number of benzene rings is 1. The zero-order chi connectivity index (χ0) is 15.0. The van der Waals surface area contributed by atoms with E-state index >= 15 is 0 Å². The summed E-state index contributed by atoms with van der Waals surface area (Å²) in [6, 6.07) is 6.97. The van der Waals surface area contributed by atoms with Gasteiger partial charge < -0.3 is 4.57 Å². The number of alkyl halides is 3. The van der Waals surface area contributed by atoms with Gasteiger partial charge in [-0.25, -0.2) is 0 Å². The summed E-state index contributed by atoms with van der Waals surface area (Å²) in [4.78, 5) is 11.8. The van der Waals surface area contributed by atoms with Gasteiger partial charge in [0.1, 0.15) is 0 Å². The van der Waals surface area contributed by atoms with Gasteiger partial charge in [-0.3, -0.25) is 4.79 Å². The molecule has 1 aromatic heterocycles. The average molecular weight is 293 g/mol. The van der Waals surface area contributed by atoms with Crippen LogP contribution in [-0.2, 0) is 19.1 Å². The summed E-state index contributed by atoms with van der Waals surface area (Å²) in [7, 11) is 0. The molecule has 2 nitrogen and oxygen atoms in total. The molecule has 3 rings (SSSR count). The van der Waals surface area contributed by atoms with Crippen molar-refractivity contribution in [2.24, 2.45) is 0 Å². The smallest absolute Gasteiger partial charge is 0.346 e. The van der Waals surface area contributed by atoms with E-state index in [-0.39, 0.29) is 5.78 Å². The van der Waals surface area contributed by atoms with E-state index in [1.807, 2.05) is 10.8 Å². The molecule has 0 saturated carbocycles. The van der Waals surface area contributed by atoms with Crippen LogP contribution in [0.3, 0.4) is 0 Å². The van der Waals surface area contributed by atoms with Crippen LogP contribution >= 0.6 is 0 Å². The standard InChI is InChI=1S/C16H14F3NO/c17-16(18,19)12-6-4-11(5-7-12)10-20-9-8-13-14(20)2-1-3-15(13)21/h4-9H,1-3,10H2. The highest BCUT2D eigenvalue weighted by Crippen LogP contribution is 2.29. The lowest BCUT2D eigenvalue weighted by Crippen LogP contribution is -2.13. The predicted octanol–water partition coefficient (Wildman–Crippen LogP) is 4.07. The SMILES string of the molecule is O=C1CCCc2c1ccn2Cc1ccc(C(F)(F)F)cc1. The Hall–Kier alpha value is -2.04. The lowest BCUT2D eigenvalue weighted by Gasteiger charge is -2.15. The average Bonchev–Trinajstić information content (AvgIpc) is 2.83. The fourth-order valence-corrected chi connectivity index (χ4v) is 2.73. The third-order valence-corrected chi connectivity index (χ3v) is 3.83. The number of hydrogen-bond donors (Lipinski definition) is 0. The van der Waals surface area contributed by atoms with E-state index in [1.165, 1.54) is 12.1 Å². The third-order valence-electron chi connectivity index (χ3n) is 3.83. The number of aromatic nitrogens is 1. The summed E-state index contributed by atoms with van der Waals surface area (Å²) in [6.45, 7) is 0.487. The van der Waals surface area contributed by atoms with Crippen molar-refractivity contribution in [2.75, 3.05) is 0 Å². The van der Waals surface area contributed by atoms with Gasteiger partial charge in [-0.05, 0) is 36.6 Å². The van der Waals surface area contributed by atoms with Crippen LogP contribution in [0.5, 0.6) is 0 Å². The molecule has 0 atom stereocenters. The fraction of sp³-hybridized carbons (Fsp3) is 0.312. The fourth-order valence-electron chi connectivity index (χ4n) is 2.73. The minimum absolute atomic E-state index is 0.155. The van der Waals surface area contributed by atoms with Crippen LogP contribution in [-0.4, -0.2) is 10.4 Å². The van der Waals surface area contributed by atoms with Crippen molar-refractivity contribution in [3.05, 3.63) is 58.9 Å². The third kappa shape index (κ3) is 2.73. The maximum absolute atomic E-state index is 12.5. The van der Waals surface area contributed by atoms with Gasteiger partial charge >= 0.3 is 6.18 Å². The van der Waals surface area contributed by atoms with Gasteiger partial charge in [-0.15, -0.1) is 0 Å². The van der Waals surface area contributed by atoms with Crippen LogP contribution < -0.4 is 0 Å². The molecule has 110 valence electrons. The molecule has 0 N–H and O–H groups in total. The first kappa shape index (κ1) is 13.9. The second-order valence-corrected chi connectivity index (χ2v) is 5.28. The van der Waals surface area contributed by atoms with Crippen molar-refractivity contribution in [1.29, 1.82) is 0 Å². The molecule has 0 amide bonds. The Morgan fingerprint density at radius 2 is 1.76 bits per heavy atom. The Balaban J connectivity index is 1.83. The number of Topliss-reactive ketones (excluding diaryl/α,β-unsaturated/α-hetero) is 1. The Kier molecular flexibility index (Phi) is 3.35. The predicted molar refractivity (Wildman–Crippen MR) is 72.2 cm³/mol. The van der Waals surface area contributed by atoms with Crippen LogP contribution in [0, 0.1) is 0 Å². The number of carbonyl (C=O) groups excluding carboxylic acids is 1. The molecule has 0 saturated heterocycles. The van der Waals surface area contributed by atoms with E-state index in [2.05, 4.69) is 0 Å². The first-order valence-corrected chi connectivity index (χ1v) is 6.82. The molecule has 0 spiro atoms. The molecule has 0 unspecified atom stereocenters. The highest BCUT2D eigenvalue weighted by molar-refractivity contribution is 5.98. The molecule has 1 aromatic carbocycles. The highest BCUT2D eigenvalue weighted by Gasteiger charge is 2.30. The topological polar surface area (TPSA) is 22.0 Å². The van der Waals surface area contributed by atoms with Crippen LogP contribution in [0.2, 0.25) is 0 Å². The molecular weight excluding hydrogens is 279 g/mol. The molecular formula is C16H14F3NO. The normalized spacial score (nSPS) is 15.1. The van der Waals surface area contributed by atoms with Gasteiger partial charge in [0.2, 0.25) is 0 Å². The van der Waals surface area contributed by atoms with E-state index in [0.29, 0.717) is 13.0 Å². The minimum atomic E-state index is -4.31. The van der Waals surface area contributed by atoms with E-state index < -0.39 is 11.7 Å². The van der Waals surface area contributed by atoms with E-state index in [0.717, 1.165) is 41.8 Å². The second-order valence-electron chi connectivity index (χ2n) is 5.28. The molecule has 0 radical (unpaired) electrons. The molecule has 0 bridgehead atoms. The van der Waals surface area contributed by atoms with Crippen molar-refractivity contribution in [2.45, 2.75) is 32.0 Å². The summed E-state index contributed by atoms with van der Waals surface area (Å²) >= 11 is 0. The molecule has 1 aliphatic rings. The lowest BCUT2D eigenvalue weighted by atomic mass is 9.97. The zero-order valence-corrected chi connectivity index (χ0v) is 11.3. The summed E-state index contributed by atoms with van der Waals surface area (Å²) in [5, 5.41) is 0. The van der Waals surface area contributed by atoms with Gasteiger partial charge in [-0.1, -0.05) is 12.1 Å². The van der Waals surface area contributed by atoms with Crippen molar-refractivity contribution in [3.63, 3.8) is 0 Å². The quantitative estimate of drug-likeness (QED) is 0.818. The number of fused-ring (bicyclic) bond motifs is 1. The van der Waals surface area contributed by atoms with Crippen molar-refractivity contribution < 1.29 is 18.0 Å². The number of halogens is 3. The van der Waals surface area contributed by atoms with Crippen LogP contribution in [0.1, 0.15) is 40.0 Å². The monoisotopic (exact) mass is 293 g/mol. The van der Waals surface area contributed by atoms with Crippen molar-refractivity contribution in [1.82, 2.24) is 4.57 Å². The number of hydrogen-bond acceptors (Lipinski definition) is 1. The summed E-state index contributed by atoms with van der Waals surface area (Å²) in [5.74, 6) is 0.155. The van der Waals surface area contributed by atoms with E-state index in [1.54, 1.807) is 6.07 Å². The molecule has 0 aliphatic heterocycles. The molecule has 2 aromatic rings. The first-order chi connectivity index (χ1) is 9.95. The molecule has 1 heterocycles. The summed E-state index contributed by atoms with van der Waals surface area (Å²) in [6.07, 6.45) is -0.210. The maximum Gasteiger partial charge on any atom is 0.416 e. The number of ketones is 1. The molecule has 0 fully saturated rings. The maximum atomic E-state index is 12.5. The number of rotatable bonds is 2. The van der Waals surface area contributed by atoms with Gasteiger partial charge in [-0.2, -0.15) is 13.2 Å². The summed E-state index contributed by atoms with van der Waals surface area (Å²) in [5.41, 5.74) is 1.90. The zero-order valence-electron chi connectivity index (χ0n) is 11.3. The van der Waals surface area contributed by atoms with Crippen molar-refractivity contribution >= 4 is 5.78 Å². The molecule has 21 heavy (non-hydrogen) atoms. The Labute approximate surface area is 120 Å². The van der Waals surface area contributed by atoms with Gasteiger partial charge in [0.05, 0.1) is 5.56 Å². The van der Waals surface area contributed by atoms with E-state index in [9.17, 15) is 18.0 Å². The van der Waals surface area contributed by atoms with E-state index in [4.69, 9.17) is 0 Å². The lowest BCUT2D eigenvalue weighted by molar-refractivity contribution is -0.137. The Bertz CT molecular complexity index is 668. The number of carbonyl (C=O) groups is 1. The molecule has 5 heteroatoms. The minimum Gasteiger partial charge on any atom is -0.346 e. The largest absolute Gasteiger partial charge is 0.416 e. The molecule has 1 aliphatic carbocycles. The number of nitrogens with zero attached hydrogens (tertiary/aromatic N) is 1. The Morgan fingerprint density at radius 1 is 1.05 bits per heavy atom. The van der Waals surface area contributed by atoms with Crippen LogP contribution in [0.25, 0.3) is 0 Å². The first-order valence-electron chi connectivity index (χ1n) is 6.82. The highest BCUT2D eigenvalue weighted by atomic mass is 19.4. The van der Waals surface area contributed by atoms with Gasteiger partial charge in [0.15, 0.2) is 5.78 Å². The van der Waals surface area contributed by atoms with Crippen LogP contribution in [0.15, 0.2) is 36.5 Å². The van der Waals surface area contributed by atoms with Gasteiger partial charge in [0.25, 0.3) is 0 Å². The summed E-state index contributed by atoms with van der Waals surface area (Å²) < 4.78 is 39.5. The second kappa shape index (κ2) is 5.06. The van der Waals surface area contributed by atoms with Crippen molar-refractivity contribution in [3.8, 4) is 0 Å².